The quantitative estimate of drug-likeness (QED) is 0.443. The van der Waals surface area contributed by atoms with Gasteiger partial charge in [-0.2, -0.15) is 0 Å². The van der Waals surface area contributed by atoms with Gasteiger partial charge in [-0.05, 0) is 18.7 Å². The van der Waals surface area contributed by atoms with E-state index in [4.69, 9.17) is 5.11 Å². The molecule has 0 bridgehead atoms. The van der Waals surface area contributed by atoms with E-state index in [1.165, 1.54) is 0 Å². The molecule has 40 valence electrons. The molecule has 2 N–H and O–H groups in total. The Balaban J connectivity index is 2.36. The van der Waals surface area contributed by atoms with Crippen LogP contribution in [-0.2, 0) is 0 Å². The van der Waals surface area contributed by atoms with Gasteiger partial charge in [0.1, 0.15) is 0 Å². The molecule has 0 saturated carbocycles. The lowest BCUT2D eigenvalue weighted by Crippen LogP contribution is -2.19. The molecule has 1 unspecified atom stereocenters. The smallest absolute Gasteiger partial charge is 0.0754 e. The molecule has 1 heterocycles. The summed E-state index contributed by atoms with van der Waals surface area (Å²) >= 11 is 0. The van der Waals surface area contributed by atoms with E-state index in [0.717, 1.165) is 13.0 Å². The van der Waals surface area contributed by atoms with Crippen LogP contribution in [0.2, 0.25) is 0 Å². The second kappa shape index (κ2) is 1.98. The first kappa shape index (κ1) is 4.65. The molecule has 1 aliphatic heterocycles. The summed E-state index contributed by atoms with van der Waals surface area (Å²) in [6, 6.07) is 0. The topological polar surface area (TPSA) is 32.3 Å². The molecule has 1 atom stereocenters. The summed E-state index contributed by atoms with van der Waals surface area (Å²) in [6.45, 7) is 0.900. The third kappa shape index (κ3) is 1.20. The number of hydrogen-bond donors (Lipinski definition) is 2. The lowest BCUT2D eigenvalue weighted by Gasteiger charge is -2.09. The van der Waals surface area contributed by atoms with Gasteiger partial charge in [-0.15, -0.1) is 0 Å². The maximum absolute atomic E-state index is 8.78. The minimum Gasteiger partial charge on any atom is -0.391 e. The van der Waals surface area contributed by atoms with Crippen LogP contribution in [0, 0.1) is 0 Å². The van der Waals surface area contributed by atoms with Crippen LogP contribution in [0.15, 0.2) is 12.3 Å². The highest BCUT2D eigenvalue weighted by molar-refractivity contribution is 4.91. The molecule has 0 fully saturated rings. The first-order valence-electron chi connectivity index (χ1n) is 2.48. The normalized spacial score (nSPS) is 29.6. The van der Waals surface area contributed by atoms with Gasteiger partial charge in [0, 0.05) is 6.54 Å². The van der Waals surface area contributed by atoms with E-state index < -0.39 is 0 Å². The van der Waals surface area contributed by atoms with E-state index in [2.05, 4.69) is 5.32 Å². The molecule has 0 radical (unpaired) electrons. The molecule has 0 spiro atoms. The van der Waals surface area contributed by atoms with Crippen LogP contribution < -0.4 is 5.32 Å². The Morgan fingerprint density at radius 2 is 2.57 bits per heavy atom. The Bertz CT molecular complexity index is 80.1. The number of aliphatic hydroxyl groups excluding tert-OH is 1. The molecule has 7 heavy (non-hydrogen) atoms. The molecular weight excluding hydrogens is 90.1 g/mol. The van der Waals surface area contributed by atoms with Gasteiger partial charge in [0.15, 0.2) is 0 Å². The maximum Gasteiger partial charge on any atom is 0.0754 e. The first-order valence-corrected chi connectivity index (χ1v) is 2.48. The van der Waals surface area contributed by atoms with Crippen molar-refractivity contribution in [2.75, 3.05) is 6.54 Å². The molecule has 0 saturated heterocycles. The lowest BCUT2D eigenvalue weighted by molar-refractivity contribution is 0.207. The molecule has 0 aromatic carbocycles. The van der Waals surface area contributed by atoms with Gasteiger partial charge in [-0.1, -0.05) is 0 Å². The highest BCUT2D eigenvalue weighted by atomic mass is 16.3. The Hall–Kier alpha value is -0.500. The third-order valence-corrected chi connectivity index (χ3v) is 1.02. The Morgan fingerprint density at radius 3 is 2.86 bits per heavy atom. The van der Waals surface area contributed by atoms with Gasteiger partial charge in [0.2, 0.25) is 0 Å². The SMILES string of the molecule is OC1C=CNCC1. The van der Waals surface area contributed by atoms with E-state index in [1.807, 2.05) is 0 Å². The number of nitrogens with one attached hydrogen (secondary N) is 1. The van der Waals surface area contributed by atoms with E-state index in [-0.39, 0.29) is 6.10 Å². The monoisotopic (exact) mass is 99.1 g/mol. The van der Waals surface area contributed by atoms with Crippen molar-refractivity contribution < 1.29 is 5.11 Å². The fourth-order valence-corrected chi connectivity index (χ4v) is 0.590. The van der Waals surface area contributed by atoms with Gasteiger partial charge < -0.3 is 10.4 Å². The van der Waals surface area contributed by atoms with E-state index in [9.17, 15) is 0 Å². The highest BCUT2D eigenvalue weighted by Gasteiger charge is 1.99. The summed E-state index contributed by atoms with van der Waals surface area (Å²) in [5.41, 5.74) is 0. The predicted octanol–water partition coefficient (Wildman–Crippen LogP) is -0.146. The molecule has 2 nitrogen and oxygen atoms in total. The Kier molecular flexibility index (Phi) is 1.32. The third-order valence-electron chi connectivity index (χ3n) is 1.02. The summed E-state index contributed by atoms with van der Waals surface area (Å²) in [4.78, 5) is 0. The van der Waals surface area contributed by atoms with Crippen molar-refractivity contribution in [1.29, 1.82) is 0 Å². The van der Waals surface area contributed by atoms with Crippen LogP contribution in [0.1, 0.15) is 6.42 Å². The average molecular weight is 99.1 g/mol. The van der Waals surface area contributed by atoms with Crippen molar-refractivity contribution in [2.24, 2.45) is 0 Å². The van der Waals surface area contributed by atoms with Crippen LogP contribution >= 0.6 is 0 Å². The summed E-state index contributed by atoms with van der Waals surface area (Å²) < 4.78 is 0. The van der Waals surface area contributed by atoms with Crippen LogP contribution in [0.4, 0.5) is 0 Å². The largest absolute Gasteiger partial charge is 0.391 e. The molecule has 0 aromatic rings. The fraction of sp³-hybridized carbons (Fsp3) is 0.600. The van der Waals surface area contributed by atoms with E-state index in [0.29, 0.717) is 0 Å². The molecule has 0 amide bonds. The second-order valence-electron chi connectivity index (χ2n) is 1.67. The van der Waals surface area contributed by atoms with Crippen molar-refractivity contribution in [3.8, 4) is 0 Å². The van der Waals surface area contributed by atoms with Gasteiger partial charge in [0.05, 0.1) is 6.10 Å². The summed E-state index contributed by atoms with van der Waals surface area (Å²) in [5.74, 6) is 0. The van der Waals surface area contributed by atoms with Gasteiger partial charge in [-0.25, -0.2) is 0 Å². The summed E-state index contributed by atoms with van der Waals surface area (Å²) in [5, 5.41) is 11.8. The van der Waals surface area contributed by atoms with Crippen molar-refractivity contribution in [2.45, 2.75) is 12.5 Å². The molecule has 2 heteroatoms. The van der Waals surface area contributed by atoms with Crippen molar-refractivity contribution in [3.05, 3.63) is 12.3 Å². The van der Waals surface area contributed by atoms with Crippen molar-refractivity contribution in [3.63, 3.8) is 0 Å². The fourth-order valence-electron chi connectivity index (χ4n) is 0.590. The van der Waals surface area contributed by atoms with Crippen LogP contribution in [0.25, 0.3) is 0 Å². The number of hydrogen-bond acceptors (Lipinski definition) is 2. The van der Waals surface area contributed by atoms with Gasteiger partial charge >= 0.3 is 0 Å². The minimum atomic E-state index is -0.207. The average Bonchev–Trinajstić information content (AvgIpc) is 1.69. The molecular formula is C5H9NO. The maximum atomic E-state index is 8.78. The van der Waals surface area contributed by atoms with Gasteiger partial charge in [0.25, 0.3) is 0 Å². The highest BCUT2D eigenvalue weighted by Crippen LogP contribution is 1.94. The van der Waals surface area contributed by atoms with Gasteiger partial charge in [-0.3, -0.25) is 0 Å². The van der Waals surface area contributed by atoms with Crippen molar-refractivity contribution in [1.82, 2.24) is 5.32 Å². The van der Waals surface area contributed by atoms with Crippen LogP contribution in [-0.4, -0.2) is 17.8 Å². The zero-order chi connectivity index (χ0) is 5.11. The molecule has 1 aliphatic rings. The second-order valence-corrected chi connectivity index (χ2v) is 1.67. The zero-order valence-electron chi connectivity index (χ0n) is 4.09. The number of aliphatic hydroxyl groups is 1. The van der Waals surface area contributed by atoms with Crippen LogP contribution in [0.3, 0.4) is 0 Å². The van der Waals surface area contributed by atoms with Crippen LogP contribution in [0.5, 0.6) is 0 Å². The molecule has 1 rings (SSSR count). The first-order chi connectivity index (χ1) is 3.39. The number of rotatable bonds is 0. The van der Waals surface area contributed by atoms with E-state index >= 15 is 0 Å². The summed E-state index contributed by atoms with van der Waals surface area (Å²) in [6.07, 6.45) is 4.18. The lowest BCUT2D eigenvalue weighted by atomic mass is 10.2. The molecule has 0 aliphatic carbocycles. The zero-order valence-corrected chi connectivity index (χ0v) is 4.09. The minimum absolute atomic E-state index is 0.207. The summed E-state index contributed by atoms with van der Waals surface area (Å²) in [7, 11) is 0. The standard InChI is InChI=1S/C5H9NO/c7-5-1-3-6-4-2-5/h1,3,5-7H,2,4H2. The predicted molar refractivity (Wildman–Crippen MR) is 27.8 cm³/mol. The van der Waals surface area contributed by atoms with E-state index in [1.54, 1.807) is 12.3 Å². The van der Waals surface area contributed by atoms with Crippen molar-refractivity contribution >= 4 is 0 Å². The Morgan fingerprint density at radius 1 is 1.71 bits per heavy atom. The Labute approximate surface area is 42.8 Å². The molecule has 0 aromatic heterocycles.